The Morgan fingerprint density at radius 3 is 3.11 bits per heavy atom. The smallest absolute Gasteiger partial charge is 0.142 e. The lowest BCUT2D eigenvalue weighted by atomic mass is 10.1. The molecule has 5 heteroatoms. The van der Waals surface area contributed by atoms with Crippen LogP contribution >= 0.6 is 0 Å². The number of ether oxygens (including phenoxy) is 3. The molecule has 2 heterocycles. The van der Waals surface area contributed by atoms with Crippen molar-refractivity contribution in [3.63, 3.8) is 0 Å². The number of nitrogens with zero attached hydrogens (tertiary/aromatic N) is 1. The number of hydrogen-bond donors (Lipinski definition) is 1. The molecule has 0 spiro atoms. The molecule has 0 aliphatic carbocycles. The highest BCUT2D eigenvalue weighted by molar-refractivity contribution is 5.30. The van der Waals surface area contributed by atoms with Gasteiger partial charge in [0.2, 0.25) is 0 Å². The molecule has 19 heavy (non-hydrogen) atoms. The number of aromatic nitrogens is 1. The third-order valence-electron chi connectivity index (χ3n) is 3.14. The van der Waals surface area contributed by atoms with Gasteiger partial charge in [0.1, 0.15) is 17.5 Å². The van der Waals surface area contributed by atoms with Gasteiger partial charge in [-0.3, -0.25) is 4.98 Å². The normalized spacial score (nSPS) is 21.1. The molecule has 0 radical (unpaired) electrons. The van der Waals surface area contributed by atoms with Crippen LogP contribution in [0, 0.1) is 0 Å². The minimum atomic E-state index is -0.0240. The van der Waals surface area contributed by atoms with Crippen molar-refractivity contribution in [2.24, 2.45) is 0 Å². The summed E-state index contributed by atoms with van der Waals surface area (Å²) >= 11 is 0. The largest absolute Gasteiger partial charge is 0.495 e. The molecule has 1 aliphatic heterocycles. The summed E-state index contributed by atoms with van der Waals surface area (Å²) in [6, 6.07) is 3.79. The Labute approximate surface area is 114 Å². The van der Waals surface area contributed by atoms with Crippen LogP contribution in [0.1, 0.15) is 25.1 Å². The van der Waals surface area contributed by atoms with Crippen molar-refractivity contribution in [3.05, 3.63) is 24.0 Å². The van der Waals surface area contributed by atoms with Crippen molar-refractivity contribution in [2.75, 3.05) is 33.5 Å². The predicted molar refractivity (Wildman–Crippen MR) is 72.4 cm³/mol. The van der Waals surface area contributed by atoms with E-state index in [2.05, 4.69) is 17.2 Å². The second-order valence-corrected chi connectivity index (χ2v) is 4.51. The molecule has 0 aromatic carbocycles. The number of nitrogens with one attached hydrogen (secondary N) is 1. The van der Waals surface area contributed by atoms with Crippen molar-refractivity contribution in [1.82, 2.24) is 10.3 Å². The molecule has 2 atom stereocenters. The van der Waals surface area contributed by atoms with E-state index in [1.807, 2.05) is 12.1 Å². The fourth-order valence-corrected chi connectivity index (χ4v) is 2.21. The van der Waals surface area contributed by atoms with Crippen molar-refractivity contribution in [1.29, 1.82) is 0 Å². The topological polar surface area (TPSA) is 52.6 Å². The summed E-state index contributed by atoms with van der Waals surface area (Å²) in [4.78, 5) is 4.45. The Balaban J connectivity index is 2.19. The summed E-state index contributed by atoms with van der Waals surface area (Å²) in [6.07, 6.45) is 2.81. The van der Waals surface area contributed by atoms with E-state index in [1.54, 1.807) is 13.3 Å². The lowest BCUT2D eigenvalue weighted by molar-refractivity contribution is -0.103. The molecule has 1 fully saturated rings. The summed E-state index contributed by atoms with van der Waals surface area (Å²) in [5.74, 6) is 0.783. The van der Waals surface area contributed by atoms with Crippen molar-refractivity contribution < 1.29 is 14.2 Å². The second kappa shape index (κ2) is 7.43. The molecule has 106 valence electrons. The Morgan fingerprint density at radius 1 is 1.53 bits per heavy atom. The number of hydrogen-bond acceptors (Lipinski definition) is 5. The molecule has 2 unspecified atom stereocenters. The average Bonchev–Trinajstić information content (AvgIpc) is 2.49. The van der Waals surface area contributed by atoms with Gasteiger partial charge < -0.3 is 19.5 Å². The van der Waals surface area contributed by atoms with E-state index >= 15 is 0 Å². The maximum Gasteiger partial charge on any atom is 0.142 e. The van der Waals surface area contributed by atoms with E-state index in [1.165, 1.54) is 0 Å². The first-order valence-corrected chi connectivity index (χ1v) is 6.78. The van der Waals surface area contributed by atoms with E-state index in [-0.39, 0.29) is 12.1 Å². The van der Waals surface area contributed by atoms with Gasteiger partial charge in [0, 0.05) is 6.20 Å². The zero-order chi connectivity index (χ0) is 13.5. The highest BCUT2D eigenvalue weighted by atomic mass is 16.6. The van der Waals surface area contributed by atoms with Crippen molar-refractivity contribution in [2.45, 2.75) is 25.5 Å². The van der Waals surface area contributed by atoms with Crippen LogP contribution in [-0.2, 0) is 9.47 Å². The van der Waals surface area contributed by atoms with Crippen LogP contribution in [0.5, 0.6) is 5.75 Å². The monoisotopic (exact) mass is 266 g/mol. The molecule has 1 aromatic heterocycles. The van der Waals surface area contributed by atoms with Gasteiger partial charge in [-0.05, 0) is 25.1 Å². The molecule has 1 aliphatic rings. The Kier molecular flexibility index (Phi) is 5.57. The third kappa shape index (κ3) is 3.65. The van der Waals surface area contributed by atoms with Gasteiger partial charge in [0.25, 0.3) is 0 Å². The predicted octanol–water partition coefficient (Wildman–Crippen LogP) is 1.55. The Hall–Kier alpha value is -1.17. The number of rotatable bonds is 6. The van der Waals surface area contributed by atoms with Crippen LogP contribution in [0.3, 0.4) is 0 Å². The molecule has 0 bridgehead atoms. The number of methoxy groups -OCH3 is 1. The van der Waals surface area contributed by atoms with Crippen LogP contribution < -0.4 is 10.1 Å². The van der Waals surface area contributed by atoms with E-state index in [9.17, 15) is 0 Å². The average molecular weight is 266 g/mol. The van der Waals surface area contributed by atoms with Gasteiger partial charge in [-0.25, -0.2) is 0 Å². The zero-order valence-electron chi connectivity index (χ0n) is 11.6. The van der Waals surface area contributed by atoms with E-state index in [4.69, 9.17) is 14.2 Å². The summed E-state index contributed by atoms with van der Waals surface area (Å²) in [5, 5.41) is 3.48. The molecule has 0 amide bonds. The Bertz CT molecular complexity index is 381. The first kappa shape index (κ1) is 14.2. The van der Waals surface area contributed by atoms with Gasteiger partial charge in [-0.2, -0.15) is 0 Å². The van der Waals surface area contributed by atoms with Gasteiger partial charge in [0.05, 0.1) is 33.0 Å². The van der Waals surface area contributed by atoms with E-state index in [0.717, 1.165) is 24.4 Å². The summed E-state index contributed by atoms with van der Waals surface area (Å²) in [5.41, 5.74) is 0.883. The second-order valence-electron chi connectivity index (χ2n) is 4.51. The quantitative estimate of drug-likeness (QED) is 0.846. The minimum Gasteiger partial charge on any atom is -0.495 e. The van der Waals surface area contributed by atoms with Gasteiger partial charge in [-0.1, -0.05) is 6.92 Å². The molecule has 1 saturated heterocycles. The lowest BCUT2D eigenvalue weighted by Gasteiger charge is -2.31. The van der Waals surface area contributed by atoms with Crippen LogP contribution in [0.2, 0.25) is 0 Å². The number of pyridine rings is 1. The van der Waals surface area contributed by atoms with Crippen LogP contribution in [-0.4, -0.2) is 44.6 Å². The van der Waals surface area contributed by atoms with Crippen LogP contribution in [0.25, 0.3) is 0 Å². The first-order valence-electron chi connectivity index (χ1n) is 6.78. The van der Waals surface area contributed by atoms with Crippen LogP contribution in [0.15, 0.2) is 18.3 Å². The molecule has 5 nitrogen and oxygen atoms in total. The standard InChI is InChI=1S/C14H22N2O3/c1-3-6-15-14(12-10-18-8-9-19-12)13-11(17-2)5-4-7-16-13/h4-5,7,12,14-15H,3,6,8-10H2,1-2H3. The lowest BCUT2D eigenvalue weighted by Crippen LogP contribution is -2.41. The maximum absolute atomic E-state index is 5.81. The summed E-state index contributed by atoms with van der Waals surface area (Å²) < 4.78 is 16.7. The van der Waals surface area contributed by atoms with E-state index < -0.39 is 0 Å². The first-order chi connectivity index (χ1) is 9.36. The minimum absolute atomic E-state index is 0.00333. The summed E-state index contributed by atoms with van der Waals surface area (Å²) in [6.45, 7) is 4.92. The maximum atomic E-state index is 5.81. The highest BCUT2D eigenvalue weighted by Crippen LogP contribution is 2.27. The molecule has 1 aromatic rings. The zero-order valence-corrected chi connectivity index (χ0v) is 11.6. The van der Waals surface area contributed by atoms with Crippen LogP contribution in [0.4, 0.5) is 0 Å². The van der Waals surface area contributed by atoms with Gasteiger partial charge in [-0.15, -0.1) is 0 Å². The van der Waals surface area contributed by atoms with Gasteiger partial charge >= 0.3 is 0 Å². The van der Waals surface area contributed by atoms with Crippen molar-refractivity contribution in [3.8, 4) is 5.75 Å². The third-order valence-corrected chi connectivity index (χ3v) is 3.14. The fourth-order valence-electron chi connectivity index (χ4n) is 2.21. The van der Waals surface area contributed by atoms with E-state index in [0.29, 0.717) is 19.8 Å². The SMILES string of the molecule is CCCNC(c1ncccc1OC)C1COCCO1. The molecule has 1 N–H and O–H groups in total. The van der Waals surface area contributed by atoms with Crippen molar-refractivity contribution >= 4 is 0 Å². The Morgan fingerprint density at radius 2 is 2.42 bits per heavy atom. The molecule has 0 saturated carbocycles. The summed E-state index contributed by atoms with van der Waals surface area (Å²) in [7, 11) is 1.66. The molecule has 2 rings (SSSR count). The molecular weight excluding hydrogens is 244 g/mol. The highest BCUT2D eigenvalue weighted by Gasteiger charge is 2.29. The fraction of sp³-hybridized carbons (Fsp3) is 0.643. The molecular formula is C14H22N2O3. The van der Waals surface area contributed by atoms with Gasteiger partial charge in [0.15, 0.2) is 0 Å².